The van der Waals surface area contributed by atoms with E-state index in [0.717, 1.165) is 31.1 Å². The third kappa shape index (κ3) is 4.62. The minimum atomic E-state index is -1.32. The summed E-state index contributed by atoms with van der Waals surface area (Å²) < 4.78 is 11.9. The Labute approximate surface area is 203 Å². The molecule has 1 aliphatic rings. The Hall–Kier alpha value is -4.13. The zero-order chi connectivity index (χ0) is 24.8. The van der Waals surface area contributed by atoms with Gasteiger partial charge in [-0.3, -0.25) is 9.59 Å². The fourth-order valence-corrected chi connectivity index (χ4v) is 4.58. The third-order valence-electron chi connectivity index (χ3n) is 6.21. The Morgan fingerprint density at radius 1 is 0.971 bits per heavy atom. The lowest BCUT2D eigenvalue weighted by molar-refractivity contribution is -0.137. The second-order valence-electron chi connectivity index (χ2n) is 8.48. The summed E-state index contributed by atoms with van der Waals surface area (Å²) >= 11 is 0. The van der Waals surface area contributed by atoms with E-state index < -0.39 is 5.60 Å². The molecule has 0 radical (unpaired) electrons. The lowest BCUT2D eigenvalue weighted by atomic mass is 9.76. The fraction of sp³-hybridized carbons (Fsp3) is 0.250. The molecule has 0 aromatic heterocycles. The van der Waals surface area contributed by atoms with Gasteiger partial charge in [0.2, 0.25) is 0 Å². The van der Waals surface area contributed by atoms with Crippen LogP contribution in [0.4, 0.5) is 0 Å². The van der Waals surface area contributed by atoms with Crippen LogP contribution >= 0.6 is 0 Å². The van der Waals surface area contributed by atoms with Gasteiger partial charge in [-0.25, -0.2) is 0 Å². The molecule has 1 aliphatic heterocycles. The predicted molar refractivity (Wildman–Crippen MR) is 130 cm³/mol. The average molecular weight is 474 g/mol. The van der Waals surface area contributed by atoms with Crippen molar-refractivity contribution in [2.45, 2.75) is 38.2 Å². The van der Waals surface area contributed by atoms with Crippen molar-refractivity contribution in [2.24, 2.45) is 0 Å². The molecule has 7 nitrogen and oxygen atoms in total. The topological polar surface area (TPSA) is 102 Å². The largest absolute Gasteiger partial charge is 0.508 e. The van der Waals surface area contributed by atoms with Crippen LogP contribution in [0.3, 0.4) is 0 Å². The molecule has 7 heteroatoms. The number of unbranched alkanes of at least 4 members (excludes halogenated alkanes) is 3. The van der Waals surface area contributed by atoms with Gasteiger partial charge in [0.1, 0.15) is 23.5 Å². The van der Waals surface area contributed by atoms with Crippen LogP contribution in [0.15, 0.2) is 60.7 Å². The van der Waals surface area contributed by atoms with Gasteiger partial charge in [-0.1, -0.05) is 30.7 Å². The van der Waals surface area contributed by atoms with Gasteiger partial charge in [-0.15, -0.1) is 0 Å². The molecule has 0 saturated heterocycles. The third-order valence-corrected chi connectivity index (χ3v) is 6.21. The van der Waals surface area contributed by atoms with Gasteiger partial charge in [-0.05, 0) is 55.7 Å². The molecule has 4 rings (SSSR count). The van der Waals surface area contributed by atoms with E-state index in [4.69, 9.17) is 9.47 Å². The van der Waals surface area contributed by atoms with Crippen molar-refractivity contribution in [3.8, 4) is 17.2 Å². The Morgan fingerprint density at radius 2 is 1.74 bits per heavy atom. The monoisotopic (exact) mass is 473 g/mol. The number of para-hydroxylation sites is 1. The highest BCUT2D eigenvalue weighted by molar-refractivity contribution is 5.94. The van der Waals surface area contributed by atoms with Crippen molar-refractivity contribution >= 4 is 18.7 Å². The Kier molecular flexibility index (Phi) is 7.15. The molecule has 0 bridgehead atoms. The highest BCUT2D eigenvalue weighted by atomic mass is 16.5. The minimum Gasteiger partial charge on any atom is -0.508 e. The van der Waals surface area contributed by atoms with Gasteiger partial charge < -0.3 is 24.7 Å². The van der Waals surface area contributed by atoms with Crippen molar-refractivity contribution in [1.82, 2.24) is 5.32 Å². The summed E-state index contributed by atoms with van der Waals surface area (Å²) in [6, 6.07) is 17.2. The number of fused-ring (bicyclic) bond motifs is 2. The van der Waals surface area contributed by atoms with E-state index in [0.29, 0.717) is 53.2 Å². The van der Waals surface area contributed by atoms with Gasteiger partial charge in [0.15, 0.2) is 5.60 Å². The van der Waals surface area contributed by atoms with E-state index in [1.807, 2.05) is 25.1 Å². The van der Waals surface area contributed by atoms with Gasteiger partial charge in [0.05, 0.1) is 0 Å². The van der Waals surface area contributed by atoms with Crippen LogP contribution in [0.5, 0.6) is 17.2 Å². The number of phenolic OH excluding ortho intramolecular Hbond substituents is 1. The van der Waals surface area contributed by atoms with Crippen molar-refractivity contribution in [3.05, 3.63) is 88.5 Å². The van der Waals surface area contributed by atoms with Crippen LogP contribution in [0.25, 0.3) is 0 Å². The molecule has 0 saturated carbocycles. The first-order chi connectivity index (χ1) is 17.0. The Bertz CT molecular complexity index is 1250. The number of amides is 1. The number of aromatic hydroxyl groups is 1. The quantitative estimate of drug-likeness (QED) is 0.325. The predicted octanol–water partition coefficient (Wildman–Crippen LogP) is 4.76. The van der Waals surface area contributed by atoms with Crippen molar-refractivity contribution in [3.63, 3.8) is 0 Å². The first kappa shape index (κ1) is 24.0. The zero-order valence-electron chi connectivity index (χ0n) is 19.5. The van der Waals surface area contributed by atoms with Crippen LogP contribution in [-0.2, 0) is 19.9 Å². The van der Waals surface area contributed by atoms with Crippen LogP contribution in [-0.4, -0.2) is 30.3 Å². The van der Waals surface area contributed by atoms with Gasteiger partial charge in [-0.2, -0.15) is 0 Å². The SMILES string of the molecule is Cc1cc(C(=O)NCCCCCC=O)ccc1C1(OC=O)c2ccccc2Oc2cc(O)ccc21. The number of hydrogen-bond acceptors (Lipinski definition) is 6. The van der Waals surface area contributed by atoms with E-state index in [2.05, 4.69) is 5.32 Å². The van der Waals surface area contributed by atoms with Crippen LogP contribution in [0.1, 0.15) is 58.3 Å². The smallest absolute Gasteiger partial charge is 0.294 e. The highest BCUT2D eigenvalue weighted by Crippen LogP contribution is 2.53. The van der Waals surface area contributed by atoms with E-state index in [1.54, 1.807) is 30.3 Å². The summed E-state index contributed by atoms with van der Waals surface area (Å²) in [5, 5.41) is 13.0. The zero-order valence-corrected chi connectivity index (χ0v) is 19.5. The van der Waals surface area contributed by atoms with Crippen molar-refractivity contribution < 1.29 is 29.0 Å². The van der Waals surface area contributed by atoms with Crippen LogP contribution in [0.2, 0.25) is 0 Å². The Morgan fingerprint density at radius 3 is 2.51 bits per heavy atom. The van der Waals surface area contributed by atoms with Gasteiger partial charge in [0.25, 0.3) is 12.4 Å². The number of benzene rings is 3. The van der Waals surface area contributed by atoms with Crippen molar-refractivity contribution in [2.75, 3.05) is 6.54 Å². The van der Waals surface area contributed by atoms with E-state index in [1.165, 1.54) is 12.1 Å². The minimum absolute atomic E-state index is 0.0260. The van der Waals surface area contributed by atoms with E-state index in [-0.39, 0.29) is 11.7 Å². The number of phenols is 1. The number of ether oxygens (including phenoxy) is 2. The lowest BCUT2D eigenvalue weighted by Gasteiger charge is -2.39. The molecule has 3 aromatic rings. The summed E-state index contributed by atoms with van der Waals surface area (Å²) in [7, 11) is 0. The molecule has 0 fully saturated rings. The summed E-state index contributed by atoms with van der Waals surface area (Å²) in [4.78, 5) is 35.0. The van der Waals surface area contributed by atoms with Gasteiger partial charge in [0, 0.05) is 41.3 Å². The standard InChI is InChI=1S/C28H27NO6/c1-19-16-20(27(33)29-14-6-2-3-7-15-30)10-12-22(19)28(34-18-31)23-8-4-5-9-25(23)35-26-17-21(32)11-13-24(26)28/h4-5,8-13,15-18,32H,2-3,6-7,14H2,1H3,(H,29,33). The molecule has 3 aromatic carbocycles. The number of nitrogens with one attached hydrogen (secondary N) is 1. The first-order valence-corrected chi connectivity index (χ1v) is 11.6. The maximum atomic E-state index is 12.7. The fourth-order valence-electron chi connectivity index (χ4n) is 4.58. The van der Waals surface area contributed by atoms with E-state index in [9.17, 15) is 19.5 Å². The van der Waals surface area contributed by atoms with Crippen LogP contribution in [0, 0.1) is 6.92 Å². The second-order valence-corrected chi connectivity index (χ2v) is 8.48. The normalized spacial score (nSPS) is 15.8. The highest BCUT2D eigenvalue weighted by Gasteiger charge is 2.47. The average Bonchev–Trinajstić information content (AvgIpc) is 2.85. The Balaban J connectivity index is 1.71. The summed E-state index contributed by atoms with van der Waals surface area (Å²) in [6.07, 6.45) is 3.93. The molecule has 2 N–H and O–H groups in total. The molecule has 1 atom stereocenters. The van der Waals surface area contributed by atoms with Crippen molar-refractivity contribution in [1.29, 1.82) is 0 Å². The number of carbonyl (C=O) groups excluding carboxylic acids is 3. The summed E-state index contributed by atoms with van der Waals surface area (Å²) in [5.74, 6) is 0.709. The molecular weight excluding hydrogens is 446 g/mol. The summed E-state index contributed by atoms with van der Waals surface area (Å²) in [6.45, 7) is 2.79. The molecule has 180 valence electrons. The number of rotatable bonds is 10. The number of hydrogen-bond donors (Lipinski definition) is 2. The first-order valence-electron chi connectivity index (χ1n) is 11.6. The maximum Gasteiger partial charge on any atom is 0.294 e. The molecule has 1 heterocycles. The molecule has 1 unspecified atom stereocenters. The second kappa shape index (κ2) is 10.4. The molecular formula is C28H27NO6. The molecule has 1 amide bonds. The lowest BCUT2D eigenvalue weighted by Crippen LogP contribution is -2.36. The summed E-state index contributed by atoms with van der Waals surface area (Å²) in [5.41, 5.74) is 1.81. The number of aldehydes is 1. The molecule has 0 spiro atoms. The van der Waals surface area contributed by atoms with Gasteiger partial charge >= 0.3 is 0 Å². The molecule has 0 aliphatic carbocycles. The number of aryl methyl sites for hydroxylation is 1. The number of carbonyl (C=O) groups is 3. The maximum absolute atomic E-state index is 12.7. The van der Waals surface area contributed by atoms with E-state index >= 15 is 0 Å². The van der Waals surface area contributed by atoms with Crippen LogP contribution < -0.4 is 10.1 Å². The molecule has 35 heavy (non-hydrogen) atoms.